The maximum atomic E-state index is 13.3. The summed E-state index contributed by atoms with van der Waals surface area (Å²) in [6.07, 6.45) is 1.96. The predicted molar refractivity (Wildman–Crippen MR) is 116 cm³/mol. The first-order valence-corrected chi connectivity index (χ1v) is 10.7. The van der Waals surface area contributed by atoms with Gasteiger partial charge in [-0.25, -0.2) is 0 Å². The van der Waals surface area contributed by atoms with Crippen molar-refractivity contribution < 1.29 is 9.59 Å². The number of hydrogen-bond donors (Lipinski definition) is 1. The lowest BCUT2D eigenvalue weighted by atomic mass is 10.1. The molecule has 1 aliphatic carbocycles. The first kappa shape index (κ1) is 19.5. The number of benzene rings is 1. The summed E-state index contributed by atoms with van der Waals surface area (Å²) >= 11 is 0. The summed E-state index contributed by atoms with van der Waals surface area (Å²) in [7, 11) is 0. The van der Waals surface area contributed by atoms with Crippen LogP contribution in [0.2, 0.25) is 0 Å². The average molecular weight is 419 g/mol. The highest BCUT2D eigenvalue weighted by atomic mass is 16.2. The van der Waals surface area contributed by atoms with Crippen LogP contribution < -0.4 is 10.9 Å². The number of fused-ring (bicyclic) bond motifs is 2. The first-order chi connectivity index (χ1) is 14.9. The molecular formula is C23H25N5O3. The average Bonchev–Trinajstić information content (AvgIpc) is 3.33. The van der Waals surface area contributed by atoms with E-state index < -0.39 is 0 Å². The molecule has 3 heterocycles. The largest absolute Gasteiger partial charge is 0.352 e. The van der Waals surface area contributed by atoms with Gasteiger partial charge >= 0.3 is 0 Å². The molecule has 8 heteroatoms. The zero-order valence-corrected chi connectivity index (χ0v) is 17.7. The SMILES string of the molecule is CC(C)CN1Cc2c(n(CC(=O)NC3CC3)c3cc(-c4ccccc4)nn3c2=O)C1=O. The van der Waals surface area contributed by atoms with Gasteiger partial charge in [-0.2, -0.15) is 9.61 Å². The van der Waals surface area contributed by atoms with Crippen LogP contribution in [0.1, 0.15) is 42.7 Å². The van der Waals surface area contributed by atoms with Crippen molar-refractivity contribution in [2.24, 2.45) is 5.92 Å². The van der Waals surface area contributed by atoms with Crippen LogP contribution >= 0.6 is 0 Å². The van der Waals surface area contributed by atoms with Gasteiger partial charge in [-0.05, 0) is 18.8 Å². The molecule has 0 unspecified atom stereocenters. The Morgan fingerprint density at radius 3 is 2.61 bits per heavy atom. The van der Waals surface area contributed by atoms with Gasteiger partial charge in [-0.1, -0.05) is 44.2 Å². The Labute approximate surface area is 179 Å². The number of amides is 2. The van der Waals surface area contributed by atoms with Crippen LogP contribution in [-0.4, -0.2) is 43.5 Å². The maximum absolute atomic E-state index is 13.3. The highest BCUT2D eigenvalue weighted by Crippen LogP contribution is 2.26. The Morgan fingerprint density at radius 2 is 1.94 bits per heavy atom. The van der Waals surface area contributed by atoms with Crippen LogP contribution in [0.15, 0.2) is 41.2 Å². The molecular weight excluding hydrogens is 394 g/mol. The minimum Gasteiger partial charge on any atom is -0.352 e. The predicted octanol–water partition coefficient (Wildman–Crippen LogP) is 2.05. The lowest BCUT2D eigenvalue weighted by Crippen LogP contribution is -2.34. The second kappa shape index (κ2) is 7.37. The summed E-state index contributed by atoms with van der Waals surface area (Å²) in [6.45, 7) is 4.84. The summed E-state index contributed by atoms with van der Waals surface area (Å²) in [5.74, 6) is -0.0912. The van der Waals surface area contributed by atoms with E-state index in [1.165, 1.54) is 4.52 Å². The van der Waals surface area contributed by atoms with E-state index in [2.05, 4.69) is 10.4 Å². The third-order valence-electron chi connectivity index (χ3n) is 5.71. The number of carbonyl (C=O) groups is 2. The smallest absolute Gasteiger partial charge is 0.280 e. The number of aromatic nitrogens is 3. The van der Waals surface area contributed by atoms with Gasteiger partial charge in [0.05, 0.1) is 17.8 Å². The third kappa shape index (κ3) is 3.52. The minimum atomic E-state index is -0.300. The molecule has 1 aromatic carbocycles. The standard InChI is InChI=1S/C23H25N5O3/c1-14(2)11-26-12-17-21(23(26)31)27(13-19(29)24-16-8-9-16)20-10-18(25-28(20)22(17)30)15-6-4-3-5-7-15/h3-7,10,14,16H,8-9,11-13H2,1-2H3,(H,24,29). The number of nitrogens with zero attached hydrogens (tertiary/aromatic N) is 4. The maximum Gasteiger partial charge on any atom is 0.280 e. The lowest BCUT2D eigenvalue weighted by molar-refractivity contribution is -0.121. The van der Waals surface area contributed by atoms with Crippen molar-refractivity contribution in [3.8, 4) is 11.3 Å². The Bertz CT molecular complexity index is 1240. The van der Waals surface area contributed by atoms with Crippen molar-refractivity contribution in [3.05, 3.63) is 58.0 Å². The molecule has 2 amide bonds. The van der Waals surface area contributed by atoms with Gasteiger partial charge in [0.25, 0.3) is 11.5 Å². The quantitative estimate of drug-likeness (QED) is 0.662. The van der Waals surface area contributed by atoms with Crippen LogP contribution in [-0.2, 0) is 17.9 Å². The monoisotopic (exact) mass is 419 g/mol. The van der Waals surface area contributed by atoms with Crippen LogP contribution in [0.25, 0.3) is 16.9 Å². The fraction of sp³-hybridized carbons (Fsp3) is 0.391. The van der Waals surface area contributed by atoms with E-state index in [4.69, 9.17) is 0 Å². The lowest BCUT2D eigenvalue weighted by Gasteiger charge is -2.18. The first-order valence-electron chi connectivity index (χ1n) is 10.7. The van der Waals surface area contributed by atoms with Crippen LogP contribution in [0.4, 0.5) is 0 Å². The van der Waals surface area contributed by atoms with Crippen molar-refractivity contribution >= 4 is 17.5 Å². The summed E-state index contributed by atoms with van der Waals surface area (Å²) in [6, 6.07) is 11.5. The van der Waals surface area contributed by atoms with Gasteiger partial charge in [0.2, 0.25) is 5.91 Å². The number of carbonyl (C=O) groups excluding carboxylic acids is 2. The van der Waals surface area contributed by atoms with Crippen LogP contribution in [0.3, 0.4) is 0 Å². The number of rotatable bonds is 6. The Balaban J connectivity index is 1.66. The normalized spacial score (nSPS) is 15.7. The molecule has 0 radical (unpaired) electrons. The van der Waals surface area contributed by atoms with Crippen LogP contribution in [0.5, 0.6) is 0 Å². The molecule has 1 saturated carbocycles. The Hall–Kier alpha value is -3.42. The van der Waals surface area contributed by atoms with Gasteiger partial charge in [-0.3, -0.25) is 14.4 Å². The second-order valence-electron chi connectivity index (χ2n) is 8.81. The highest BCUT2D eigenvalue weighted by molar-refractivity contribution is 5.98. The van der Waals surface area contributed by atoms with Gasteiger partial charge in [0.15, 0.2) is 0 Å². The zero-order valence-electron chi connectivity index (χ0n) is 17.7. The molecule has 8 nitrogen and oxygen atoms in total. The molecule has 0 atom stereocenters. The molecule has 2 aromatic heterocycles. The molecule has 1 aliphatic heterocycles. The Kier molecular flexibility index (Phi) is 4.64. The van der Waals surface area contributed by atoms with Crippen molar-refractivity contribution in [2.75, 3.05) is 6.54 Å². The molecule has 0 saturated heterocycles. The van der Waals surface area contributed by atoms with Crippen molar-refractivity contribution in [1.29, 1.82) is 0 Å². The summed E-state index contributed by atoms with van der Waals surface area (Å²) in [4.78, 5) is 40.9. The molecule has 3 aromatic rings. The molecule has 5 rings (SSSR count). The van der Waals surface area contributed by atoms with Crippen LogP contribution in [0, 0.1) is 5.92 Å². The molecule has 31 heavy (non-hydrogen) atoms. The van der Waals surface area contributed by atoms with E-state index in [9.17, 15) is 14.4 Å². The number of nitrogens with one attached hydrogen (secondary N) is 1. The van der Waals surface area contributed by atoms with E-state index in [1.54, 1.807) is 15.5 Å². The van der Waals surface area contributed by atoms with Gasteiger partial charge in [-0.15, -0.1) is 0 Å². The topological polar surface area (TPSA) is 88.7 Å². The minimum absolute atomic E-state index is 0.0240. The van der Waals surface area contributed by atoms with Crippen molar-refractivity contribution in [2.45, 2.75) is 45.8 Å². The van der Waals surface area contributed by atoms with Crippen molar-refractivity contribution in [1.82, 2.24) is 24.4 Å². The molecule has 160 valence electrons. The summed E-state index contributed by atoms with van der Waals surface area (Å²) in [5.41, 5.74) is 2.36. The number of hydrogen-bond acceptors (Lipinski definition) is 4. The Morgan fingerprint density at radius 1 is 1.19 bits per heavy atom. The molecule has 0 bridgehead atoms. The summed E-state index contributed by atoms with van der Waals surface area (Å²) < 4.78 is 2.99. The molecule has 0 spiro atoms. The second-order valence-corrected chi connectivity index (χ2v) is 8.81. The van der Waals surface area contributed by atoms with E-state index in [0.29, 0.717) is 29.1 Å². The third-order valence-corrected chi connectivity index (χ3v) is 5.71. The van der Waals surface area contributed by atoms with Gasteiger partial charge < -0.3 is 14.8 Å². The fourth-order valence-corrected chi connectivity index (χ4v) is 4.16. The zero-order chi connectivity index (χ0) is 21.7. The van der Waals surface area contributed by atoms with Gasteiger partial charge in [0, 0.05) is 24.2 Å². The van der Waals surface area contributed by atoms with E-state index >= 15 is 0 Å². The molecule has 1 fully saturated rings. The highest BCUT2D eigenvalue weighted by Gasteiger charge is 2.35. The fourth-order valence-electron chi connectivity index (χ4n) is 4.16. The van der Waals surface area contributed by atoms with E-state index in [-0.39, 0.29) is 42.4 Å². The van der Waals surface area contributed by atoms with Crippen molar-refractivity contribution in [3.63, 3.8) is 0 Å². The van der Waals surface area contributed by atoms with Gasteiger partial charge in [0.1, 0.15) is 17.9 Å². The summed E-state index contributed by atoms with van der Waals surface area (Å²) in [5, 5.41) is 7.51. The molecule has 1 N–H and O–H groups in total. The van der Waals surface area contributed by atoms with E-state index in [1.807, 2.05) is 44.2 Å². The van der Waals surface area contributed by atoms with E-state index in [0.717, 1.165) is 18.4 Å². The molecule has 2 aliphatic rings.